The summed E-state index contributed by atoms with van der Waals surface area (Å²) in [5.41, 5.74) is 63.5. The SMILES string of the molecule is CC[C@H](C)[C@H](NC(=O)[C@H](CO)NC(=O)[C@H](CO)NC(=O)[C@H](CC(C)C)NC(=O)[C@H](CCCCN)NC(=O)[C@H](CCCNC(=N)N)NC(=O)[C@H](CCCNC(=N)N)NC(=O)[C@H](CCCNC(=N)N)NC(=O)[C@H](CCC(N)=O)NC(=O)[C@H](CCCNC(=N)N)NC(=O)[C@H](CCCNC(=N)N)NC(=O)[C@H](CCCCN)NC(=O)[C@H](CCCCN)NC(=O)[C@H](CCCNC(=N)N)NC(=O)CNC(=O)[C@@H](N)Cc1ccc(O)cc1)C(=O)O. The monoisotopic (exact) mass is 2090 g/mol. The molecule has 1 aromatic rings. The first kappa shape index (κ1) is 130. The van der Waals surface area contributed by atoms with Crippen molar-refractivity contribution < 1.29 is 102 Å². The number of rotatable bonds is 78. The Balaban J connectivity index is 4.12. The minimum atomic E-state index is -1.86. The highest BCUT2D eigenvalue weighted by Crippen LogP contribution is 2.17. The second-order valence-electron chi connectivity index (χ2n) is 35.5. The fourth-order valence-corrected chi connectivity index (χ4v) is 14.4. The highest BCUT2D eigenvalue weighted by Gasteiger charge is 2.40. The number of aliphatic hydroxyl groups excluding tert-OH is 2. The molecule has 147 heavy (non-hydrogen) atoms. The molecular formula is C88H162N38O21. The van der Waals surface area contributed by atoms with Gasteiger partial charge < -0.3 is 195 Å². The zero-order chi connectivity index (χ0) is 111. The van der Waals surface area contributed by atoms with E-state index >= 15 is 24.0 Å². The fraction of sp³-hybridized carbons (Fsp3) is 0.670. The molecule has 0 saturated heterocycles. The molecular weight excluding hydrogens is 1930 g/mol. The van der Waals surface area contributed by atoms with E-state index in [0.29, 0.717) is 24.8 Å². The summed E-state index contributed by atoms with van der Waals surface area (Å²) in [7, 11) is 0. The minimum Gasteiger partial charge on any atom is -0.508 e. The Labute approximate surface area is 853 Å². The molecule has 0 unspecified atom stereocenters. The van der Waals surface area contributed by atoms with E-state index in [4.69, 9.17) is 95.5 Å². The molecule has 16 amide bonds. The number of aliphatic hydroxyl groups is 2. The van der Waals surface area contributed by atoms with Gasteiger partial charge in [-0.05, 0) is 203 Å². The number of carboxylic acid groups (broad SMARTS) is 1. The lowest BCUT2D eigenvalue weighted by Crippen LogP contribution is -2.61. The molecule has 0 radical (unpaired) electrons. The number of benzene rings is 1. The van der Waals surface area contributed by atoms with E-state index in [-0.39, 0.29) is 205 Å². The zero-order valence-electron chi connectivity index (χ0n) is 84.1. The van der Waals surface area contributed by atoms with E-state index in [0.717, 1.165) is 0 Å². The molecule has 1 aromatic carbocycles. The van der Waals surface area contributed by atoms with Crippen LogP contribution in [0.5, 0.6) is 5.75 Å². The number of amides is 16. The van der Waals surface area contributed by atoms with Crippen LogP contribution in [0.1, 0.15) is 194 Å². The van der Waals surface area contributed by atoms with Gasteiger partial charge in [0.05, 0.1) is 25.8 Å². The van der Waals surface area contributed by atoms with E-state index in [1.807, 2.05) is 0 Å². The van der Waals surface area contributed by atoms with E-state index in [1.165, 1.54) is 12.1 Å². The van der Waals surface area contributed by atoms with Crippen molar-refractivity contribution in [3.63, 3.8) is 0 Å². The molecule has 0 aliphatic rings. The van der Waals surface area contributed by atoms with Gasteiger partial charge in [-0.1, -0.05) is 46.2 Å². The van der Waals surface area contributed by atoms with E-state index < -0.39 is 265 Å². The quantitative estimate of drug-likeness (QED) is 0.0164. The summed E-state index contributed by atoms with van der Waals surface area (Å²) in [6, 6.07) is -18.0. The van der Waals surface area contributed by atoms with E-state index in [9.17, 15) is 78.0 Å². The van der Waals surface area contributed by atoms with Crippen molar-refractivity contribution in [1.82, 2.24) is 112 Å². The molecule has 0 aliphatic carbocycles. The van der Waals surface area contributed by atoms with Crippen molar-refractivity contribution in [2.45, 2.75) is 285 Å². The maximum Gasteiger partial charge on any atom is 0.326 e. The Morgan fingerprint density at radius 3 is 0.796 bits per heavy atom. The van der Waals surface area contributed by atoms with Gasteiger partial charge in [0, 0.05) is 45.7 Å². The number of carboxylic acids is 1. The summed E-state index contributed by atoms with van der Waals surface area (Å²) in [5.74, 6) is -21.7. The summed E-state index contributed by atoms with van der Waals surface area (Å²) in [6.45, 7) is 3.68. The molecule has 0 fully saturated rings. The lowest BCUT2D eigenvalue weighted by molar-refractivity contribution is -0.144. The Kier molecular flexibility index (Phi) is 65.2. The van der Waals surface area contributed by atoms with Crippen molar-refractivity contribution in [2.75, 3.05) is 78.7 Å². The Morgan fingerprint density at radius 1 is 0.313 bits per heavy atom. The topological polar surface area (TPSA) is 1050 Å². The third-order valence-electron chi connectivity index (χ3n) is 22.7. The second kappa shape index (κ2) is 73.5. The lowest BCUT2D eigenvalue weighted by Gasteiger charge is -2.29. The molecule has 0 aromatic heterocycles. The Hall–Kier alpha value is -14.6. The molecule has 53 N–H and O–H groups in total. The number of carbonyl (C=O) groups is 17. The third kappa shape index (κ3) is 57.0. The number of nitrogens with two attached hydrogens (primary N) is 11. The summed E-state index contributed by atoms with van der Waals surface area (Å²) < 4.78 is 0. The third-order valence-corrected chi connectivity index (χ3v) is 22.7. The van der Waals surface area contributed by atoms with Gasteiger partial charge in [0.1, 0.15) is 90.3 Å². The van der Waals surface area contributed by atoms with Gasteiger partial charge >= 0.3 is 5.97 Å². The van der Waals surface area contributed by atoms with Crippen LogP contribution in [-0.4, -0.2) is 326 Å². The van der Waals surface area contributed by atoms with Crippen LogP contribution in [-0.2, 0) is 87.9 Å². The van der Waals surface area contributed by atoms with Crippen molar-refractivity contribution in [2.24, 2.45) is 74.9 Å². The van der Waals surface area contributed by atoms with Crippen LogP contribution in [0.4, 0.5) is 0 Å². The van der Waals surface area contributed by atoms with Crippen LogP contribution in [0.15, 0.2) is 24.3 Å². The number of primary amides is 1. The molecule has 0 bridgehead atoms. The first-order chi connectivity index (χ1) is 69.5. The summed E-state index contributed by atoms with van der Waals surface area (Å²) in [4.78, 5) is 241. The van der Waals surface area contributed by atoms with Gasteiger partial charge in [0.2, 0.25) is 94.5 Å². The lowest BCUT2D eigenvalue weighted by atomic mass is 9.99. The molecule has 59 nitrogen and oxygen atoms in total. The molecule has 0 aliphatic heterocycles. The second-order valence-corrected chi connectivity index (χ2v) is 35.5. The van der Waals surface area contributed by atoms with Crippen LogP contribution in [0.3, 0.4) is 0 Å². The predicted molar refractivity (Wildman–Crippen MR) is 543 cm³/mol. The highest BCUT2D eigenvalue weighted by molar-refractivity contribution is 6.01. The standard InChI is InChI=1S/C88H162N38O21/c1-5-48(4)67(82(146)147)126-81(145)64(46-128)125-80(144)63(45-127)124-79(143)62(42-47(2)3)123-77(141)55(20-8-11-35-91)116-72(136)56(22-13-37-107-84(96)97)118-74(138)58(24-15-39-109-86(100)101)119-75(139)59(25-16-40-110-87(102)103)121-78(142)61(31-32-65(93)130)122-76(140)60(26-17-41-111-88(104)105)120-73(137)57(23-14-38-108-85(98)99)117-71(135)54(19-7-10-34-90)115-70(134)53(18-6-9-33-89)114-69(133)52(21-12-36-106-83(94)95)113-66(131)44-112-68(132)51(92)43-49-27-29-50(129)30-28-49/h27-30,47-48,51-64,67,127-129H,5-26,31-46,89-92H2,1-4H3,(H2,93,130)(H,112,132)(H,113,131)(H,114,133)(H,115,134)(H,116,136)(H,117,135)(H,118,138)(H,119,139)(H,120,137)(H,121,142)(H,122,140)(H,123,141)(H,124,143)(H,125,144)(H,126,145)(H,146,147)(H4,94,95,106)(H4,96,97,107)(H4,98,99,108)(H4,100,101,109)(H4,102,103,110)(H4,104,105,111)/t48-,51-,52-,53-,54-,55-,56-,57-,58-,59-,60-,61-,62-,63-,64-,67-/m0/s1. The number of phenolic OH excluding ortho intramolecular Hbond substituents is 1. The van der Waals surface area contributed by atoms with Crippen LogP contribution in [0, 0.1) is 44.3 Å². The van der Waals surface area contributed by atoms with Gasteiger partial charge in [-0.3, -0.25) is 109 Å². The number of nitrogens with one attached hydrogen (secondary N) is 27. The van der Waals surface area contributed by atoms with Gasteiger partial charge in [0.25, 0.3) is 0 Å². The smallest absolute Gasteiger partial charge is 0.326 e. The number of guanidine groups is 6. The average Bonchev–Trinajstić information content (AvgIpc) is 0.862. The number of aliphatic carboxylic acids is 1. The Morgan fingerprint density at radius 2 is 0.551 bits per heavy atom. The molecule has 830 valence electrons. The fourth-order valence-electron chi connectivity index (χ4n) is 14.4. The summed E-state index contributed by atoms with van der Waals surface area (Å²) >= 11 is 0. The average molecular weight is 2090 g/mol. The van der Waals surface area contributed by atoms with Gasteiger partial charge in [0.15, 0.2) is 35.8 Å². The predicted octanol–water partition coefficient (Wildman–Crippen LogP) is -12.4. The van der Waals surface area contributed by atoms with Crippen molar-refractivity contribution in [3.05, 3.63) is 29.8 Å². The van der Waals surface area contributed by atoms with Crippen molar-refractivity contribution in [1.29, 1.82) is 32.5 Å². The van der Waals surface area contributed by atoms with Crippen LogP contribution >= 0.6 is 0 Å². The van der Waals surface area contributed by atoms with Crippen LogP contribution in [0.2, 0.25) is 0 Å². The van der Waals surface area contributed by atoms with Crippen molar-refractivity contribution in [3.8, 4) is 5.75 Å². The van der Waals surface area contributed by atoms with Crippen LogP contribution in [0.25, 0.3) is 0 Å². The highest BCUT2D eigenvalue weighted by atomic mass is 16.4. The number of aromatic hydroxyl groups is 1. The first-order valence-electron chi connectivity index (χ1n) is 48.9. The Bertz CT molecular complexity index is 4430. The molecule has 0 heterocycles. The number of hydrogen-bond acceptors (Lipinski definition) is 30. The summed E-state index contributed by atoms with van der Waals surface area (Å²) in [5, 5.41) is 140. The van der Waals surface area contributed by atoms with Gasteiger partial charge in [-0.25, -0.2) is 4.79 Å². The number of phenols is 1. The normalized spacial score (nSPS) is 14.2. The molecule has 0 saturated carbocycles. The number of hydrogen-bond donors (Lipinski definition) is 42. The van der Waals surface area contributed by atoms with E-state index in [1.54, 1.807) is 39.8 Å². The molecule has 16 atom stereocenters. The maximum absolute atomic E-state index is 15.1. The number of carbonyl (C=O) groups excluding carboxylic acids is 16. The first-order valence-corrected chi connectivity index (χ1v) is 48.9. The van der Waals surface area contributed by atoms with Gasteiger partial charge in [-0.15, -0.1) is 0 Å². The van der Waals surface area contributed by atoms with E-state index in [2.05, 4.69) is 112 Å². The summed E-state index contributed by atoms with van der Waals surface area (Å²) in [6.07, 6.45) is -1.92. The molecule has 59 heteroatoms. The molecule has 0 spiro atoms. The minimum absolute atomic E-state index is 0.0165. The van der Waals surface area contributed by atoms with Crippen molar-refractivity contribution >= 4 is 136 Å². The maximum atomic E-state index is 15.1. The number of unbranched alkanes of at least 4 members (excludes halogenated alkanes) is 3. The largest absolute Gasteiger partial charge is 0.508 e. The van der Waals surface area contributed by atoms with Crippen LogP contribution < -0.4 is 175 Å². The zero-order valence-corrected chi connectivity index (χ0v) is 84.1. The van der Waals surface area contributed by atoms with Gasteiger partial charge in [-0.2, -0.15) is 0 Å². The molecule has 1 rings (SSSR count).